The van der Waals surface area contributed by atoms with Crippen LogP contribution in [-0.2, 0) is 6.54 Å². The number of aliphatic hydroxyl groups excluding tert-OH is 2. The molecule has 146 valence electrons. The van der Waals surface area contributed by atoms with E-state index < -0.39 is 6.10 Å². The van der Waals surface area contributed by atoms with Crippen LogP contribution in [0.2, 0.25) is 0 Å². The summed E-state index contributed by atoms with van der Waals surface area (Å²) in [4.78, 5) is 6.75. The van der Waals surface area contributed by atoms with Gasteiger partial charge in [-0.2, -0.15) is 0 Å². The van der Waals surface area contributed by atoms with Crippen molar-refractivity contribution in [3.63, 3.8) is 0 Å². The number of methoxy groups -OCH3 is 1. The number of hydrogen-bond donors (Lipinski definition) is 2. The van der Waals surface area contributed by atoms with Crippen molar-refractivity contribution < 1.29 is 19.7 Å². The van der Waals surface area contributed by atoms with E-state index in [0.29, 0.717) is 19.6 Å². The number of aliphatic hydroxyl groups is 2. The molecule has 1 atom stereocenters. The standard InChI is InChI=1S/C19H31N3O4/c1-20-5-7-21(8-6-20)13-17(24)14-26-19-9-18(25-2)4-3-15(19)10-22-11-16(23)12-22/h3-4,9,16-17,23-24H,5-8,10-14H2,1-2H3. The van der Waals surface area contributed by atoms with Crippen LogP contribution in [-0.4, -0.2) is 104 Å². The zero-order valence-electron chi connectivity index (χ0n) is 15.8. The van der Waals surface area contributed by atoms with Crippen molar-refractivity contribution in [1.82, 2.24) is 14.7 Å². The maximum atomic E-state index is 10.4. The number of β-amino-alcohol motifs (C(OH)–C–C–N with tert-alkyl or cyclic N) is 2. The van der Waals surface area contributed by atoms with Crippen molar-refractivity contribution in [3.05, 3.63) is 23.8 Å². The number of rotatable bonds is 8. The smallest absolute Gasteiger partial charge is 0.127 e. The number of likely N-dealkylation sites (N-methyl/N-ethyl adjacent to an activating group) is 1. The van der Waals surface area contributed by atoms with Crippen LogP contribution >= 0.6 is 0 Å². The van der Waals surface area contributed by atoms with Gasteiger partial charge < -0.3 is 24.6 Å². The minimum absolute atomic E-state index is 0.219. The molecule has 0 bridgehead atoms. The largest absolute Gasteiger partial charge is 0.497 e. The van der Waals surface area contributed by atoms with Crippen LogP contribution in [0.25, 0.3) is 0 Å². The Hall–Kier alpha value is -1.38. The van der Waals surface area contributed by atoms with Crippen molar-refractivity contribution in [2.24, 2.45) is 0 Å². The van der Waals surface area contributed by atoms with Crippen LogP contribution in [0, 0.1) is 0 Å². The van der Waals surface area contributed by atoms with Crippen LogP contribution in [0.3, 0.4) is 0 Å². The topological polar surface area (TPSA) is 68.6 Å². The van der Waals surface area contributed by atoms with Gasteiger partial charge in [0.15, 0.2) is 0 Å². The van der Waals surface area contributed by atoms with Gasteiger partial charge in [0.05, 0.1) is 13.2 Å². The van der Waals surface area contributed by atoms with E-state index in [1.807, 2.05) is 18.2 Å². The lowest BCUT2D eigenvalue weighted by Crippen LogP contribution is -2.49. The van der Waals surface area contributed by atoms with Crippen LogP contribution in [0.5, 0.6) is 11.5 Å². The molecule has 3 rings (SSSR count). The van der Waals surface area contributed by atoms with E-state index in [4.69, 9.17) is 9.47 Å². The van der Waals surface area contributed by atoms with Crippen molar-refractivity contribution in [3.8, 4) is 11.5 Å². The monoisotopic (exact) mass is 365 g/mol. The second kappa shape index (κ2) is 9.01. The molecule has 1 aromatic carbocycles. The molecular weight excluding hydrogens is 334 g/mol. The Morgan fingerprint density at radius 2 is 1.88 bits per heavy atom. The van der Waals surface area contributed by atoms with Crippen molar-refractivity contribution in [2.75, 3.05) is 66.6 Å². The van der Waals surface area contributed by atoms with Gasteiger partial charge in [-0.3, -0.25) is 9.80 Å². The molecule has 0 spiro atoms. The number of nitrogens with zero attached hydrogens (tertiary/aromatic N) is 3. The van der Waals surface area contributed by atoms with E-state index in [1.165, 1.54) is 0 Å². The molecule has 0 aromatic heterocycles. The summed E-state index contributed by atoms with van der Waals surface area (Å²) in [6.45, 7) is 7.04. The molecule has 2 saturated heterocycles. The first-order valence-electron chi connectivity index (χ1n) is 9.32. The maximum absolute atomic E-state index is 10.4. The molecular formula is C19H31N3O4. The molecule has 2 aliphatic rings. The third kappa shape index (κ3) is 5.31. The fraction of sp³-hybridized carbons (Fsp3) is 0.684. The second-order valence-electron chi connectivity index (χ2n) is 7.39. The normalized spacial score (nSPS) is 21.4. The van der Waals surface area contributed by atoms with Crippen molar-refractivity contribution >= 4 is 0 Å². The summed E-state index contributed by atoms with van der Waals surface area (Å²) in [6, 6.07) is 5.78. The average Bonchev–Trinajstić information content (AvgIpc) is 2.61. The Labute approximate surface area is 155 Å². The highest BCUT2D eigenvalue weighted by Crippen LogP contribution is 2.27. The number of ether oxygens (including phenoxy) is 2. The highest BCUT2D eigenvalue weighted by atomic mass is 16.5. The molecule has 0 saturated carbocycles. The Balaban J connectivity index is 1.53. The molecule has 2 N–H and O–H groups in total. The summed E-state index contributed by atoms with van der Waals surface area (Å²) < 4.78 is 11.2. The van der Waals surface area contributed by atoms with E-state index in [9.17, 15) is 10.2 Å². The zero-order chi connectivity index (χ0) is 18.5. The molecule has 0 aliphatic carbocycles. The van der Waals surface area contributed by atoms with Gasteiger partial charge in [-0.05, 0) is 13.1 Å². The summed E-state index contributed by atoms with van der Waals surface area (Å²) in [5.74, 6) is 1.48. The minimum Gasteiger partial charge on any atom is -0.497 e. The average molecular weight is 365 g/mol. The fourth-order valence-electron chi connectivity index (χ4n) is 3.41. The van der Waals surface area contributed by atoms with E-state index in [1.54, 1.807) is 7.11 Å². The van der Waals surface area contributed by atoms with E-state index in [0.717, 1.165) is 49.8 Å². The molecule has 1 unspecified atom stereocenters. The number of likely N-dealkylation sites (tertiary alicyclic amines) is 1. The lowest BCUT2D eigenvalue weighted by atomic mass is 10.1. The van der Waals surface area contributed by atoms with Gasteiger partial charge in [0.1, 0.15) is 24.2 Å². The van der Waals surface area contributed by atoms with Gasteiger partial charge in [-0.25, -0.2) is 0 Å². The third-order valence-corrected chi connectivity index (χ3v) is 5.10. The molecule has 2 fully saturated rings. The summed E-state index contributed by atoms with van der Waals surface area (Å²) >= 11 is 0. The number of benzene rings is 1. The lowest BCUT2D eigenvalue weighted by Gasteiger charge is -2.36. The SMILES string of the molecule is COc1ccc(CN2CC(O)C2)c(OCC(O)CN2CCN(C)CC2)c1. The molecule has 0 amide bonds. The summed E-state index contributed by atoms with van der Waals surface area (Å²) in [5.41, 5.74) is 1.05. The Kier molecular flexibility index (Phi) is 6.72. The number of hydrogen-bond acceptors (Lipinski definition) is 7. The van der Waals surface area contributed by atoms with E-state index in [2.05, 4.69) is 21.7 Å². The van der Waals surface area contributed by atoms with Crippen molar-refractivity contribution in [2.45, 2.75) is 18.8 Å². The molecule has 1 aromatic rings. The van der Waals surface area contributed by atoms with Crippen LogP contribution in [0.4, 0.5) is 0 Å². The predicted molar refractivity (Wildman–Crippen MR) is 99.7 cm³/mol. The highest BCUT2D eigenvalue weighted by molar-refractivity contribution is 5.41. The molecule has 7 heteroatoms. The highest BCUT2D eigenvalue weighted by Gasteiger charge is 2.25. The first-order valence-corrected chi connectivity index (χ1v) is 9.32. The van der Waals surface area contributed by atoms with Crippen molar-refractivity contribution in [1.29, 1.82) is 0 Å². The van der Waals surface area contributed by atoms with Gasteiger partial charge in [-0.1, -0.05) is 6.07 Å². The fourth-order valence-corrected chi connectivity index (χ4v) is 3.41. The minimum atomic E-state index is -0.525. The van der Waals surface area contributed by atoms with Gasteiger partial charge in [0, 0.05) is 64.0 Å². The van der Waals surface area contributed by atoms with Gasteiger partial charge in [0.2, 0.25) is 0 Å². The number of piperazine rings is 1. The molecule has 7 nitrogen and oxygen atoms in total. The summed E-state index contributed by atoms with van der Waals surface area (Å²) in [6.07, 6.45) is -0.744. The van der Waals surface area contributed by atoms with Crippen LogP contribution < -0.4 is 9.47 Å². The van der Waals surface area contributed by atoms with Crippen LogP contribution in [0.1, 0.15) is 5.56 Å². The first-order chi connectivity index (χ1) is 12.5. The van der Waals surface area contributed by atoms with E-state index >= 15 is 0 Å². The summed E-state index contributed by atoms with van der Waals surface area (Å²) in [7, 11) is 3.76. The molecule has 26 heavy (non-hydrogen) atoms. The summed E-state index contributed by atoms with van der Waals surface area (Å²) in [5, 5.41) is 19.8. The first kappa shape index (κ1) is 19.4. The molecule has 2 aliphatic heterocycles. The maximum Gasteiger partial charge on any atom is 0.127 e. The van der Waals surface area contributed by atoms with Gasteiger partial charge in [-0.15, -0.1) is 0 Å². The van der Waals surface area contributed by atoms with E-state index in [-0.39, 0.29) is 12.7 Å². The van der Waals surface area contributed by atoms with Crippen LogP contribution in [0.15, 0.2) is 18.2 Å². The lowest BCUT2D eigenvalue weighted by molar-refractivity contribution is -0.00362. The Morgan fingerprint density at radius 1 is 1.15 bits per heavy atom. The van der Waals surface area contributed by atoms with Gasteiger partial charge >= 0.3 is 0 Å². The molecule has 0 radical (unpaired) electrons. The third-order valence-electron chi connectivity index (χ3n) is 5.10. The predicted octanol–water partition coefficient (Wildman–Crippen LogP) is -0.141. The quantitative estimate of drug-likeness (QED) is 0.665. The Bertz CT molecular complexity index is 572. The zero-order valence-corrected chi connectivity index (χ0v) is 15.8. The van der Waals surface area contributed by atoms with Gasteiger partial charge in [0.25, 0.3) is 0 Å². The second-order valence-corrected chi connectivity index (χ2v) is 7.39. The Morgan fingerprint density at radius 3 is 2.54 bits per heavy atom. The molecule has 2 heterocycles.